The molecule has 0 saturated carbocycles. The second-order valence-electron chi connectivity index (χ2n) is 7.79. The lowest BCUT2D eigenvalue weighted by atomic mass is 9.88. The van der Waals surface area contributed by atoms with Crippen molar-refractivity contribution >= 4 is 22.3 Å². The summed E-state index contributed by atoms with van der Waals surface area (Å²) < 4.78 is 10.9. The van der Waals surface area contributed by atoms with Crippen molar-refractivity contribution in [1.82, 2.24) is 4.98 Å². The van der Waals surface area contributed by atoms with Crippen LogP contribution in [0.15, 0.2) is 55.1 Å². The lowest BCUT2D eigenvalue weighted by Crippen LogP contribution is -2.22. The normalized spacial score (nSPS) is 12.1. The Bertz CT molecular complexity index is 1080. The van der Waals surface area contributed by atoms with Crippen LogP contribution in [0.2, 0.25) is 0 Å². The van der Waals surface area contributed by atoms with E-state index in [1.165, 1.54) is 0 Å². The van der Waals surface area contributed by atoms with Crippen LogP contribution >= 0.6 is 0 Å². The van der Waals surface area contributed by atoms with E-state index in [0.717, 1.165) is 38.7 Å². The van der Waals surface area contributed by atoms with Crippen LogP contribution in [0, 0.1) is 5.92 Å². The molecule has 0 amide bonds. The Labute approximate surface area is 178 Å². The number of rotatable bonds is 7. The Balaban J connectivity index is 2.09. The number of ether oxygens (including phenoxy) is 2. The minimum atomic E-state index is -0.423. The fourth-order valence-electron chi connectivity index (χ4n) is 3.81. The number of benzene rings is 2. The third-order valence-corrected chi connectivity index (χ3v) is 5.26. The zero-order chi connectivity index (χ0) is 21.8. The first-order chi connectivity index (χ1) is 14.4. The van der Waals surface area contributed by atoms with Crippen molar-refractivity contribution in [1.29, 1.82) is 0 Å². The van der Waals surface area contributed by atoms with Crippen molar-refractivity contribution in [2.75, 3.05) is 13.7 Å². The molecule has 0 aliphatic rings. The van der Waals surface area contributed by atoms with E-state index >= 15 is 0 Å². The Morgan fingerprint density at radius 1 is 1.13 bits per heavy atom. The topological polar surface area (TPSA) is 48.4 Å². The second kappa shape index (κ2) is 9.12. The van der Waals surface area contributed by atoms with E-state index in [9.17, 15) is 4.79 Å². The predicted molar refractivity (Wildman–Crippen MR) is 123 cm³/mol. The van der Waals surface area contributed by atoms with Gasteiger partial charge in [0, 0.05) is 11.1 Å². The molecule has 0 aliphatic heterocycles. The molecule has 30 heavy (non-hydrogen) atoms. The van der Waals surface area contributed by atoms with E-state index < -0.39 is 5.92 Å². The lowest BCUT2D eigenvalue weighted by Gasteiger charge is -2.21. The van der Waals surface area contributed by atoms with E-state index in [0.29, 0.717) is 12.5 Å². The lowest BCUT2D eigenvalue weighted by molar-refractivity contribution is -0.146. The summed E-state index contributed by atoms with van der Waals surface area (Å²) in [5, 5.41) is 2.30. The summed E-state index contributed by atoms with van der Waals surface area (Å²) >= 11 is 0. The Kier molecular flexibility index (Phi) is 6.56. The van der Waals surface area contributed by atoms with Gasteiger partial charge in [-0.15, -0.1) is 0 Å². The number of aromatic nitrogens is 1. The number of nitrogens with zero attached hydrogens (tertiary/aromatic N) is 1. The van der Waals surface area contributed by atoms with Gasteiger partial charge in [-0.2, -0.15) is 0 Å². The maximum Gasteiger partial charge on any atom is 0.313 e. The largest absolute Gasteiger partial charge is 0.481 e. The highest BCUT2D eigenvalue weighted by Crippen LogP contribution is 2.35. The first-order valence-corrected chi connectivity index (χ1v) is 10.3. The summed E-state index contributed by atoms with van der Waals surface area (Å²) in [6.07, 6.45) is 0. The highest BCUT2D eigenvalue weighted by molar-refractivity contribution is 5.95. The van der Waals surface area contributed by atoms with Crippen molar-refractivity contribution in [3.05, 3.63) is 66.2 Å². The molecule has 0 aliphatic carbocycles. The molecule has 4 heteroatoms. The SMILES string of the molecule is C=C(C)c1cccc2ccc(-c3ccc(C(C(=O)OCC)C(C)C)c(OC)n3)cc12. The molecule has 1 heterocycles. The van der Waals surface area contributed by atoms with Crippen LogP contribution in [0.4, 0.5) is 0 Å². The molecule has 1 aromatic heterocycles. The number of methoxy groups -OCH3 is 1. The number of allylic oxidation sites excluding steroid dienone is 1. The van der Waals surface area contributed by atoms with E-state index in [-0.39, 0.29) is 11.9 Å². The monoisotopic (exact) mass is 403 g/mol. The smallest absolute Gasteiger partial charge is 0.313 e. The Morgan fingerprint density at radius 3 is 2.53 bits per heavy atom. The molecule has 3 aromatic rings. The van der Waals surface area contributed by atoms with Gasteiger partial charge in [0.2, 0.25) is 5.88 Å². The zero-order valence-corrected chi connectivity index (χ0v) is 18.4. The highest BCUT2D eigenvalue weighted by Gasteiger charge is 2.29. The van der Waals surface area contributed by atoms with Crippen LogP contribution in [0.1, 0.15) is 44.7 Å². The van der Waals surface area contributed by atoms with Gasteiger partial charge in [0.05, 0.1) is 25.3 Å². The van der Waals surface area contributed by atoms with Gasteiger partial charge in [-0.3, -0.25) is 4.79 Å². The molecule has 156 valence electrons. The highest BCUT2D eigenvalue weighted by atomic mass is 16.5. The van der Waals surface area contributed by atoms with Crippen molar-refractivity contribution in [2.24, 2.45) is 5.92 Å². The van der Waals surface area contributed by atoms with Gasteiger partial charge in [-0.1, -0.05) is 62.4 Å². The van der Waals surface area contributed by atoms with Crippen LogP contribution in [0.3, 0.4) is 0 Å². The molecule has 0 N–H and O–H groups in total. The summed E-state index contributed by atoms with van der Waals surface area (Å²) in [7, 11) is 1.58. The summed E-state index contributed by atoms with van der Waals surface area (Å²) in [6, 6.07) is 16.4. The zero-order valence-electron chi connectivity index (χ0n) is 18.4. The molecule has 4 nitrogen and oxygen atoms in total. The van der Waals surface area contributed by atoms with Gasteiger partial charge < -0.3 is 9.47 Å². The third-order valence-electron chi connectivity index (χ3n) is 5.26. The molecule has 0 fully saturated rings. The van der Waals surface area contributed by atoms with E-state index in [1.54, 1.807) is 7.11 Å². The first-order valence-electron chi connectivity index (χ1n) is 10.3. The molecule has 0 radical (unpaired) electrons. The number of carbonyl (C=O) groups excluding carboxylic acids is 1. The number of fused-ring (bicyclic) bond motifs is 1. The Morgan fingerprint density at radius 2 is 1.90 bits per heavy atom. The molecule has 3 rings (SSSR count). The van der Waals surface area contributed by atoms with Crippen molar-refractivity contribution in [2.45, 2.75) is 33.6 Å². The standard InChI is InChI=1S/C26H29NO3/c1-7-30-26(28)24(17(4)5)21-13-14-23(27-25(21)29-6)19-12-11-18-9-8-10-20(16(2)3)22(18)15-19/h8-15,17,24H,2,7H2,1,3-6H3. The number of hydrogen-bond acceptors (Lipinski definition) is 4. The first kappa shape index (κ1) is 21.6. The average molecular weight is 404 g/mol. The quantitative estimate of drug-likeness (QED) is 0.438. The molecule has 0 bridgehead atoms. The summed E-state index contributed by atoms with van der Waals surface area (Å²) in [6.45, 7) is 12.3. The van der Waals surface area contributed by atoms with Crippen molar-refractivity contribution in [3.8, 4) is 17.1 Å². The van der Waals surface area contributed by atoms with Crippen LogP contribution in [0.25, 0.3) is 27.6 Å². The fourth-order valence-corrected chi connectivity index (χ4v) is 3.81. The maximum absolute atomic E-state index is 12.5. The van der Waals surface area contributed by atoms with E-state index in [4.69, 9.17) is 14.5 Å². The third kappa shape index (κ3) is 4.23. The van der Waals surface area contributed by atoms with Crippen molar-refractivity contribution in [3.63, 3.8) is 0 Å². The molecule has 1 atom stereocenters. The molecule has 1 unspecified atom stereocenters. The fraction of sp³-hybridized carbons (Fsp3) is 0.308. The predicted octanol–water partition coefficient (Wildman–Crippen LogP) is 6.25. The average Bonchev–Trinajstić information content (AvgIpc) is 2.73. The van der Waals surface area contributed by atoms with Gasteiger partial charge >= 0.3 is 5.97 Å². The van der Waals surface area contributed by atoms with Crippen LogP contribution in [-0.4, -0.2) is 24.7 Å². The number of pyridine rings is 1. The Hall–Kier alpha value is -3.14. The minimum Gasteiger partial charge on any atom is -0.481 e. The van der Waals surface area contributed by atoms with Crippen LogP contribution in [0.5, 0.6) is 5.88 Å². The number of carbonyl (C=O) groups is 1. The van der Waals surface area contributed by atoms with E-state index in [2.05, 4.69) is 36.9 Å². The number of esters is 1. The minimum absolute atomic E-state index is 0.0596. The van der Waals surface area contributed by atoms with Gasteiger partial charge in [-0.05, 0) is 48.2 Å². The summed E-state index contributed by atoms with van der Waals surface area (Å²) in [5.74, 6) is -0.165. The summed E-state index contributed by atoms with van der Waals surface area (Å²) in [4.78, 5) is 17.3. The molecule has 0 saturated heterocycles. The number of hydrogen-bond donors (Lipinski definition) is 0. The van der Waals surface area contributed by atoms with Gasteiger partial charge in [0.15, 0.2) is 0 Å². The second-order valence-corrected chi connectivity index (χ2v) is 7.79. The van der Waals surface area contributed by atoms with Gasteiger partial charge in [0.1, 0.15) is 0 Å². The molecular weight excluding hydrogens is 374 g/mol. The van der Waals surface area contributed by atoms with Gasteiger partial charge in [-0.25, -0.2) is 4.98 Å². The van der Waals surface area contributed by atoms with Gasteiger partial charge in [0.25, 0.3) is 0 Å². The maximum atomic E-state index is 12.5. The van der Waals surface area contributed by atoms with Crippen LogP contribution < -0.4 is 4.74 Å². The van der Waals surface area contributed by atoms with Crippen molar-refractivity contribution < 1.29 is 14.3 Å². The summed E-state index contributed by atoms with van der Waals surface area (Å²) in [5.41, 5.74) is 4.67. The molecular formula is C26H29NO3. The molecule has 0 spiro atoms. The van der Waals surface area contributed by atoms with Crippen LogP contribution in [-0.2, 0) is 9.53 Å². The van der Waals surface area contributed by atoms with E-state index in [1.807, 2.05) is 45.9 Å². The molecule has 2 aromatic carbocycles.